The summed E-state index contributed by atoms with van der Waals surface area (Å²) >= 11 is 12.8. The lowest BCUT2D eigenvalue weighted by Gasteiger charge is -2.32. The van der Waals surface area contributed by atoms with E-state index in [1.54, 1.807) is 80.2 Å². The molecule has 7 heterocycles. The van der Waals surface area contributed by atoms with Gasteiger partial charge >= 0.3 is 7.12 Å². The first kappa shape index (κ1) is 70.1. The molecule has 0 spiro atoms. The zero-order chi connectivity index (χ0) is 66.7. The molecular formula is C66H73BBr2ClN11O10. The van der Waals surface area contributed by atoms with Crippen LogP contribution in [0.4, 0.5) is 23.3 Å². The number of halogens is 3. The van der Waals surface area contributed by atoms with Gasteiger partial charge in [0.1, 0.15) is 33.9 Å². The van der Waals surface area contributed by atoms with Crippen LogP contribution in [0.5, 0.6) is 5.75 Å². The van der Waals surface area contributed by atoms with Gasteiger partial charge in [0.15, 0.2) is 34.4 Å². The Morgan fingerprint density at radius 3 is 1.48 bits per heavy atom. The molecule has 0 unspecified atom stereocenters. The second-order valence-electron chi connectivity index (χ2n) is 22.0. The van der Waals surface area contributed by atoms with Crippen molar-refractivity contribution < 1.29 is 46.7 Å². The number of nitrogens with one attached hydrogen (secondary N) is 1. The van der Waals surface area contributed by atoms with Crippen molar-refractivity contribution in [2.45, 2.75) is 100 Å². The van der Waals surface area contributed by atoms with Crippen molar-refractivity contribution in [3.05, 3.63) is 181 Å². The Bertz CT molecular complexity index is 4180. The first-order valence-electron chi connectivity index (χ1n) is 28.3. The van der Waals surface area contributed by atoms with Crippen LogP contribution in [0.15, 0.2) is 144 Å². The van der Waals surface area contributed by atoms with Gasteiger partial charge in [-0.05, 0) is 174 Å². The van der Waals surface area contributed by atoms with Crippen molar-refractivity contribution in [2.24, 2.45) is 0 Å². The quantitative estimate of drug-likeness (QED) is 0.0408. The average molecular weight is 1390 g/mol. The van der Waals surface area contributed by atoms with Gasteiger partial charge in [0.2, 0.25) is 5.95 Å². The van der Waals surface area contributed by atoms with E-state index >= 15 is 0 Å². The fourth-order valence-electron chi connectivity index (χ4n) is 8.59. The van der Waals surface area contributed by atoms with E-state index in [2.05, 4.69) is 79.0 Å². The molecule has 8 N–H and O–H groups in total. The van der Waals surface area contributed by atoms with Gasteiger partial charge in [0.05, 0.1) is 27.5 Å². The number of methoxy groups -OCH3 is 3. The largest absolute Gasteiger partial charge is 0.506 e. The summed E-state index contributed by atoms with van der Waals surface area (Å²) in [4.78, 5) is 41.6. The molecule has 1 amide bonds. The number of aromatic nitrogens is 7. The lowest BCUT2D eigenvalue weighted by molar-refractivity contribution is -0.340. The Hall–Kier alpha value is -8.33. The van der Waals surface area contributed by atoms with E-state index in [-0.39, 0.29) is 28.8 Å². The van der Waals surface area contributed by atoms with Gasteiger partial charge in [-0.25, -0.2) is 34.9 Å². The minimum Gasteiger partial charge on any atom is -0.506 e. The number of ether oxygens (including phenoxy) is 3. The Morgan fingerprint density at radius 1 is 0.593 bits per heavy atom. The summed E-state index contributed by atoms with van der Waals surface area (Å²) in [7, 11) is 4.14. The molecule has 1 saturated heterocycles. The molecule has 25 heteroatoms. The van der Waals surface area contributed by atoms with Crippen LogP contribution in [0, 0.1) is 48.5 Å². The minimum absolute atomic E-state index is 0.123. The molecule has 1 aliphatic rings. The lowest BCUT2D eigenvalue weighted by atomic mass is 9.81. The van der Waals surface area contributed by atoms with Crippen molar-refractivity contribution in [1.29, 1.82) is 0 Å². The number of anilines is 4. The van der Waals surface area contributed by atoms with Crippen molar-refractivity contribution in [3.8, 4) is 28.0 Å². The normalized spacial score (nSPS) is 12.9. The van der Waals surface area contributed by atoms with Gasteiger partial charge in [-0.1, -0.05) is 55.6 Å². The van der Waals surface area contributed by atoms with Crippen LogP contribution >= 0.6 is 43.5 Å². The predicted octanol–water partition coefficient (Wildman–Crippen LogP) is 14.7. The van der Waals surface area contributed by atoms with Crippen LogP contribution in [0.1, 0.15) is 84.9 Å². The van der Waals surface area contributed by atoms with Gasteiger partial charge in [-0.15, -0.1) is 0 Å². The summed E-state index contributed by atoms with van der Waals surface area (Å²) in [5, 5.41) is 12.2. The highest BCUT2D eigenvalue weighted by molar-refractivity contribution is 9.10. The first-order valence-corrected chi connectivity index (χ1v) is 30.2. The van der Waals surface area contributed by atoms with Crippen LogP contribution in [-0.4, -0.2) is 91.5 Å². The Balaban J connectivity index is 0.000000163. The zero-order valence-corrected chi connectivity index (χ0v) is 57.2. The molecule has 1 aliphatic heterocycles. The molecule has 21 nitrogen and oxygen atoms in total. The summed E-state index contributed by atoms with van der Waals surface area (Å²) < 4.78 is 44.5. The second-order valence-corrected chi connectivity index (χ2v) is 24.1. The van der Waals surface area contributed by atoms with Crippen LogP contribution in [-0.2, 0) is 23.5 Å². The van der Waals surface area contributed by atoms with E-state index in [1.807, 2.05) is 118 Å². The third-order valence-electron chi connectivity index (χ3n) is 14.6. The first-order chi connectivity index (χ1) is 42.9. The second kappa shape index (κ2) is 30.2. The van der Waals surface area contributed by atoms with Crippen LogP contribution in [0.25, 0.3) is 55.6 Å². The molecule has 6 aromatic heterocycles. The number of benzene rings is 5. The monoisotopic (exact) mass is 1380 g/mol. The number of fused-ring (bicyclic) bond motifs is 3. The van der Waals surface area contributed by atoms with Gasteiger partial charge in [0.25, 0.3) is 11.9 Å². The Kier molecular flexibility index (Phi) is 23.3. The fourth-order valence-corrected chi connectivity index (χ4v) is 9.47. The van der Waals surface area contributed by atoms with Crippen molar-refractivity contribution in [2.75, 3.05) is 43.8 Å². The Morgan fingerprint density at radius 2 is 1.04 bits per heavy atom. The van der Waals surface area contributed by atoms with E-state index < -0.39 is 13.1 Å². The number of carbonyl (C=O) groups is 1. The van der Waals surface area contributed by atoms with Crippen molar-refractivity contribution >= 4 is 119 Å². The number of rotatable bonds is 8. The standard InChI is InChI=1S/C21H16ClN3O2.C14H13N3O.C10H16BN3O2.C9H8BrNO.C7H8BrNO.C5H12O3/c1-12-9-18-19(27-13(2)24-18)10-16(12)14-7-8-20(23-11-14)25-21(26)15-5-3-4-6-17(15)22;1-8-5-12-13(18-9(2)17-12)6-11(8)10-3-4-14(15)16-7-10;1-9(2)10(3,4)16-11(15-9)7-5-13-8(12)14-6-7;1-5-3-8-9(4-7(5)10)12-6(2)11-8;1-4-2-6(9)7(10)3-5(4)8;1-5(6-2,7-3)8-4/h3-11H,1-2H3,(H,23,25,26);3-7H,1-2H3,(H2,15,16);5-6H,1-4H3,(H2,12,13,14);3-4H,1-2H3;2-3,10H,9H2,1H3;1-4H3. The number of nitrogens with zero attached hydrogens (tertiary/aromatic N) is 7. The van der Waals surface area contributed by atoms with Crippen LogP contribution in [0.3, 0.4) is 0 Å². The molecule has 12 rings (SSSR count). The third kappa shape index (κ3) is 18.2. The summed E-state index contributed by atoms with van der Waals surface area (Å²) in [6.45, 7) is 23.3. The molecule has 91 heavy (non-hydrogen) atoms. The van der Waals surface area contributed by atoms with Gasteiger partial charge < -0.3 is 64.4 Å². The molecule has 11 aromatic rings. The molecule has 476 valence electrons. The fraction of sp³-hybridized carbons (Fsp3) is 0.273. The number of aromatic hydroxyl groups is 1. The number of hydrogen-bond acceptors (Lipinski definition) is 20. The molecule has 0 saturated carbocycles. The number of pyridine rings is 2. The summed E-state index contributed by atoms with van der Waals surface area (Å²) in [6, 6.07) is 29.6. The zero-order valence-electron chi connectivity index (χ0n) is 53.2. The topological polar surface area (TPSA) is 303 Å². The number of phenols is 1. The number of aryl methyl sites for hydroxylation is 7. The minimum atomic E-state index is -0.875. The highest BCUT2D eigenvalue weighted by atomic mass is 79.9. The maximum Gasteiger partial charge on any atom is 0.498 e. The highest BCUT2D eigenvalue weighted by Crippen LogP contribution is 2.37. The molecular weight excluding hydrogens is 1310 g/mol. The molecule has 0 radical (unpaired) electrons. The van der Waals surface area contributed by atoms with E-state index in [0.717, 1.165) is 86.7 Å². The van der Waals surface area contributed by atoms with Crippen LogP contribution < -0.4 is 28.0 Å². The molecule has 0 aliphatic carbocycles. The number of oxazole rings is 3. The number of carbonyl (C=O) groups excluding carboxylic acids is 1. The summed E-state index contributed by atoms with van der Waals surface area (Å²) in [5.41, 5.74) is 30.9. The average Bonchev–Trinajstić information content (AvgIpc) is 1.84. The number of nitrogen functional groups attached to an aromatic ring is 3. The number of amides is 1. The molecule has 0 bridgehead atoms. The summed E-state index contributed by atoms with van der Waals surface area (Å²) in [6.07, 6.45) is 6.75. The van der Waals surface area contributed by atoms with E-state index in [1.165, 1.54) is 26.9 Å². The third-order valence-corrected chi connectivity index (χ3v) is 16.7. The van der Waals surface area contributed by atoms with Crippen molar-refractivity contribution in [1.82, 2.24) is 34.9 Å². The molecule has 0 atom stereocenters. The Labute approximate surface area is 550 Å². The van der Waals surface area contributed by atoms with E-state index in [4.69, 9.17) is 70.7 Å². The van der Waals surface area contributed by atoms with Crippen LogP contribution in [0.2, 0.25) is 5.02 Å². The number of nitrogens with two attached hydrogens (primary N) is 3. The number of hydrogen-bond donors (Lipinski definition) is 5. The maximum atomic E-state index is 12.3. The SMILES string of the molecule is CC1(C)OB(c2cnc(N)nc2)OC1(C)C.COC(C)(OC)OC.Cc1cc(N)c(O)cc1Br.Cc1nc2cc(C)c(-c3ccc(N)nc3)cc2o1.Cc1nc2cc(C)c(-c3ccc(NC(=O)c4ccccc4Cl)nc3)cc2o1.Cc1nc2cc(C)c(Br)cc2o1. The van der Waals surface area contributed by atoms with E-state index in [9.17, 15) is 4.79 Å². The highest BCUT2D eigenvalue weighted by Gasteiger charge is 2.52. The van der Waals surface area contributed by atoms with E-state index in [0.29, 0.717) is 45.6 Å². The lowest BCUT2D eigenvalue weighted by Crippen LogP contribution is -2.41. The molecule has 1 fully saturated rings. The predicted molar refractivity (Wildman–Crippen MR) is 365 cm³/mol. The van der Waals surface area contributed by atoms with Gasteiger partial charge in [-0.3, -0.25) is 4.79 Å². The van der Waals surface area contributed by atoms with Crippen molar-refractivity contribution in [3.63, 3.8) is 0 Å². The van der Waals surface area contributed by atoms with Gasteiger partial charge in [-0.2, -0.15) is 0 Å². The van der Waals surface area contributed by atoms with Gasteiger partial charge in [0, 0.05) is 99.3 Å². The summed E-state index contributed by atoms with van der Waals surface area (Å²) in [5.74, 6) is 2.20. The number of phenolic OH excluding ortho intramolecular Hbond substituents is 1. The maximum absolute atomic E-state index is 12.3. The smallest absolute Gasteiger partial charge is 0.498 e. The molecule has 5 aromatic carbocycles.